The van der Waals surface area contributed by atoms with Gasteiger partial charge in [0, 0.05) is 17.5 Å². The van der Waals surface area contributed by atoms with E-state index in [1.165, 1.54) is 5.56 Å². The van der Waals surface area contributed by atoms with Crippen LogP contribution in [0.4, 0.5) is 0 Å². The molecule has 106 valence electrons. The summed E-state index contributed by atoms with van der Waals surface area (Å²) >= 11 is 5.99. The number of nitrogens with one attached hydrogen (secondary N) is 2. The van der Waals surface area contributed by atoms with E-state index >= 15 is 0 Å². The zero-order valence-electron chi connectivity index (χ0n) is 11.1. The van der Waals surface area contributed by atoms with Crippen molar-refractivity contribution in [2.75, 3.05) is 0 Å². The maximum Gasteiger partial charge on any atom is 0.243 e. The molecule has 1 saturated carbocycles. The van der Waals surface area contributed by atoms with E-state index < -0.39 is 0 Å². The predicted octanol–water partition coefficient (Wildman–Crippen LogP) is 1.98. The van der Waals surface area contributed by atoms with Gasteiger partial charge in [-0.1, -0.05) is 23.7 Å². The Kier molecular flexibility index (Phi) is 3.76. The molecule has 4 nitrogen and oxygen atoms in total. The van der Waals surface area contributed by atoms with Crippen LogP contribution in [0.2, 0.25) is 5.02 Å². The number of rotatable bonds is 3. The van der Waals surface area contributed by atoms with E-state index in [2.05, 4.69) is 16.7 Å². The standard InChI is InChI=1S/C15H17ClN2O2/c16-11-3-1-2-9(6-11)10-7-12(8-10)17-13-4-5-14(19)18-15(13)20/h1-3,6,10,12-13,17H,4-5,7-8H2,(H,18,19,20). The lowest BCUT2D eigenvalue weighted by atomic mass is 9.75. The number of piperidine rings is 1. The average molecular weight is 293 g/mol. The molecule has 3 rings (SSSR count). The molecule has 1 aromatic carbocycles. The van der Waals surface area contributed by atoms with Crippen LogP contribution in [0.15, 0.2) is 24.3 Å². The summed E-state index contributed by atoms with van der Waals surface area (Å²) in [6.45, 7) is 0. The van der Waals surface area contributed by atoms with Crippen molar-refractivity contribution >= 4 is 23.4 Å². The molecule has 1 aliphatic carbocycles. The Labute approximate surface area is 122 Å². The van der Waals surface area contributed by atoms with Gasteiger partial charge in [0.1, 0.15) is 0 Å². The molecule has 1 aliphatic heterocycles. The van der Waals surface area contributed by atoms with Crippen LogP contribution in [-0.4, -0.2) is 23.9 Å². The summed E-state index contributed by atoms with van der Waals surface area (Å²) in [5, 5.41) is 6.49. The molecule has 0 bridgehead atoms. The molecular formula is C15H17ClN2O2. The van der Waals surface area contributed by atoms with Gasteiger partial charge in [-0.25, -0.2) is 0 Å². The second kappa shape index (κ2) is 5.54. The number of benzene rings is 1. The fourth-order valence-electron chi connectivity index (χ4n) is 2.92. The minimum atomic E-state index is -0.224. The molecule has 1 aromatic rings. The molecule has 1 saturated heterocycles. The van der Waals surface area contributed by atoms with Crippen LogP contribution in [0, 0.1) is 0 Å². The third-order valence-electron chi connectivity index (χ3n) is 4.13. The van der Waals surface area contributed by atoms with Crippen molar-refractivity contribution in [2.24, 2.45) is 0 Å². The normalized spacial score (nSPS) is 29.8. The molecule has 0 radical (unpaired) electrons. The van der Waals surface area contributed by atoms with Crippen LogP contribution in [0.3, 0.4) is 0 Å². The molecule has 5 heteroatoms. The highest BCUT2D eigenvalue weighted by molar-refractivity contribution is 6.30. The Balaban J connectivity index is 1.51. The molecule has 1 heterocycles. The minimum absolute atomic E-state index is 0.168. The van der Waals surface area contributed by atoms with Gasteiger partial charge >= 0.3 is 0 Å². The molecule has 2 amide bonds. The fraction of sp³-hybridized carbons (Fsp3) is 0.467. The maximum atomic E-state index is 11.7. The van der Waals surface area contributed by atoms with Gasteiger partial charge in [0.05, 0.1) is 6.04 Å². The molecular weight excluding hydrogens is 276 g/mol. The largest absolute Gasteiger partial charge is 0.303 e. The number of imide groups is 1. The lowest BCUT2D eigenvalue weighted by Gasteiger charge is -2.39. The van der Waals surface area contributed by atoms with Crippen LogP contribution in [0.1, 0.15) is 37.2 Å². The summed E-state index contributed by atoms with van der Waals surface area (Å²) in [6, 6.07) is 8.08. The molecule has 20 heavy (non-hydrogen) atoms. The van der Waals surface area contributed by atoms with E-state index in [-0.39, 0.29) is 17.9 Å². The second-order valence-electron chi connectivity index (χ2n) is 5.59. The lowest BCUT2D eigenvalue weighted by Crippen LogP contribution is -2.55. The number of carbonyl (C=O) groups is 2. The Morgan fingerprint density at radius 1 is 1.25 bits per heavy atom. The number of hydrogen-bond acceptors (Lipinski definition) is 3. The molecule has 2 aliphatic rings. The van der Waals surface area contributed by atoms with Crippen LogP contribution >= 0.6 is 11.6 Å². The third-order valence-corrected chi connectivity index (χ3v) is 4.37. The van der Waals surface area contributed by atoms with Gasteiger partial charge in [0.15, 0.2) is 0 Å². The van der Waals surface area contributed by atoms with E-state index in [4.69, 9.17) is 11.6 Å². The van der Waals surface area contributed by atoms with Gasteiger partial charge in [-0.2, -0.15) is 0 Å². The van der Waals surface area contributed by atoms with Crippen LogP contribution in [0.5, 0.6) is 0 Å². The smallest absolute Gasteiger partial charge is 0.243 e. The Morgan fingerprint density at radius 3 is 2.75 bits per heavy atom. The first-order chi connectivity index (χ1) is 9.61. The van der Waals surface area contributed by atoms with Gasteiger partial charge in [-0.15, -0.1) is 0 Å². The van der Waals surface area contributed by atoms with Gasteiger partial charge in [0.2, 0.25) is 11.8 Å². The SMILES string of the molecule is O=C1CCC(NC2CC(c3cccc(Cl)c3)C2)C(=O)N1. The summed E-state index contributed by atoms with van der Waals surface area (Å²) in [5.74, 6) is 0.158. The zero-order chi connectivity index (χ0) is 14.1. The highest BCUT2D eigenvalue weighted by Gasteiger charge is 2.35. The quantitative estimate of drug-likeness (QED) is 0.838. The first-order valence-electron chi connectivity index (χ1n) is 6.97. The first-order valence-corrected chi connectivity index (χ1v) is 7.35. The van der Waals surface area contributed by atoms with Crippen molar-refractivity contribution in [3.05, 3.63) is 34.9 Å². The molecule has 0 aromatic heterocycles. The van der Waals surface area contributed by atoms with Crippen LogP contribution in [-0.2, 0) is 9.59 Å². The number of amides is 2. The van der Waals surface area contributed by atoms with Crippen molar-refractivity contribution in [1.82, 2.24) is 10.6 Å². The van der Waals surface area contributed by atoms with Gasteiger partial charge in [0.25, 0.3) is 0 Å². The molecule has 1 atom stereocenters. The third kappa shape index (κ3) is 2.86. The Hall–Kier alpha value is -1.39. The fourth-order valence-corrected chi connectivity index (χ4v) is 3.12. The van der Waals surface area contributed by atoms with Gasteiger partial charge in [-0.05, 0) is 42.9 Å². The van der Waals surface area contributed by atoms with Crippen molar-refractivity contribution in [3.63, 3.8) is 0 Å². The summed E-state index contributed by atoms with van der Waals surface area (Å²) in [7, 11) is 0. The summed E-state index contributed by atoms with van der Waals surface area (Å²) in [6.07, 6.45) is 3.05. The minimum Gasteiger partial charge on any atom is -0.303 e. The van der Waals surface area contributed by atoms with Crippen LogP contribution in [0.25, 0.3) is 0 Å². The maximum absolute atomic E-state index is 11.7. The molecule has 1 unspecified atom stereocenters. The molecule has 2 fully saturated rings. The first kappa shape index (κ1) is 13.6. The number of hydrogen-bond donors (Lipinski definition) is 2. The van der Waals surface area contributed by atoms with Crippen molar-refractivity contribution < 1.29 is 9.59 Å². The highest BCUT2D eigenvalue weighted by Crippen LogP contribution is 2.38. The van der Waals surface area contributed by atoms with E-state index in [1.54, 1.807) is 0 Å². The Bertz CT molecular complexity index is 540. The van der Waals surface area contributed by atoms with E-state index in [9.17, 15) is 9.59 Å². The Morgan fingerprint density at radius 2 is 2.05 bits per heavy atom. The highest BCUT2D eigenvalue weighted by atomic mass is 35.5. The van der Waals surface area contributed by atoms with Crippen molar-refractivity contribution in [1.29, 1.82) is 0 Å². The summed E-state index contributed by atoms with van der Waals surface area (Å²) in [4.78, 5) is 22.7. The molecule has 0 spiro atoms. The van der Waals surface area contributed by atoms with Crippen molar-refractivity contribution in [2.45, 2.75) is 43.7 Å². The predicted molar refractivity (Wildman–Crippen MR) is 76.5 cm³/mol. The summed E-state index contributed by atoms with van der Waals surface area (Å²) < 4.78 is 0. The van der Waals surface area contributed by atoms with Gasteiger partial charge in [-0.3, -0.25) is 14.9 Å². The van der Waals surface area contributed by atoms with Crippen molar-refractivity contribution in [3.8, 4) is 0 Å². The second-order valence-corrected chi connectivity index (χ2v) is 6.03. The number of carbonyl (C=O) groups excluding carboxylic acids is 2. The lowest BCUT2D eigenvalue weighted by molar-refractivity contribution is -0.135. The van der Waals surface area contributed by atoms with E-state index in [1.807, 2.05) is 18.2 Å². The average Bonchev–Trinajstić information content (AvgIpc) is 2.35. The van der Waals surface area contributed by atoms with Gasteiger partial charge < -0.3 is 5.32 Å². The number of halogens is 1. The monoisotopic (exact) mass is 292 g/mol. The topological polar surface area (TPSA) is 58.2 Å². The molecule has 2 N–H and O–H groups in total. The zero-order valence-corrected chi connectivity index (χ0v) is 11.8. The van der Waals surface area contributed by atoms with Crippen LogP contribution < -0.4 is 10.6 Å². The van der Waals surface area contributed by atoms with E-state index in [0.717, 1.165) is 17.9 Å². The summed E-state index contributed by atoms with van der Waals surface area (Å²) in [5.41, 5.74) is 1.26. The van der Waals surface area contributed by atoms with E-state index in [0.29, 0.717) is 24.8 Å².